The Morgan fingerprint density at radius 1 is 1.07 bits per heavy atom. The summed E-state index contributed by atoms with van der Waals surface area (Å²) in [5.41, 5.74) is 0. The first-order chi connectivity index (χ1) is 7.25. The van der Waals surface area contributed by atoms with Crippen molar-refractivity contribution in [2.45, 2.75) is 44.6 Å². The summed E-state index contributed by atoms with van der Waals surface area (Å²) < 4.78 is 0. The van der Waals surface area contributed by atoms with Crippen molar-refractivity contribution >= 4 is 11.7 Å². The van der Waals surface area contributed by atoms with Gasteiger partial charge in [-0.3, -0.25) is 9.59 Å². The summed E-state index contributed by atoms with van der Waals surface area (Å²) in [6.07, 6.45) is 6.52. The Kier molecular flexibility index (Phi) is 2.08. The van der Waals surface area contributed by atoms with Crippen LogP contribution in [0.4, 0.5) is 0 Å². The van der Waals surface area contributed by atoms with Gasteiger partial charge in [-0.25, -0.2) is 0 Å². The van der Waals surface area contributed by atoms with E-state index in [2.05, 4.69) is 0 Å². The van der Waals surface area contributed by atoms with Crippen LogP contribution in [-0.4, -0.2) is 29.2 Å². The summed E-state index contributed by atoms with van der Waals surface area (Å²) in [6, 6.07) is 0.415. The van der Waals surface area contributed by atoms with E-state index in [1.807, 2.05) is 4.90 Å². The highest BCUT2D eigenvalue weighted by atomic mass is 16.2. The van der Waals surface area contributed by atoms with Crippen LogP contribution in [0.15, 0.2) is 0 Å². The van der Waals surface area contributed by atoms with Crippen LogP contribution < -0.4 is 0 Å². The highest BCUT2D eigenvalue weighted by Gasteiger charge is 2.46. The van der Waals surface area contributed by atoms with E-state index in [1.54, 1.807) is 0 Å². The molecule has 1 heterocycles. The predicted molar refractivity (Wildman–Crippen MR) is 55.2 cm³/mol. The highest BCUT2D eigenvalue weighted by molar-refractivity contribution is 6.05. The molecule has 1 saturated heterocycles. The van der Waals surface area contributed by atoms with Crippen LogP contribution in [0, 0.1) is 11.8 Å². The van der Waals surface area contributed by atoms with Gasteiger partial charge in [0.1, 0.15) is 0 Å². The number of nitrogens with zero attached hydrogens (tertiary/aromatic N) is 1. The summed E-state index contributed by atoms with van der Waals surface area (Å²) in [7, 11) is 0. The Morgan fingerprint density at radius 2 is 1.73 bits per heavy atom. The zero-order chi connectivity index (χ0) is 10.4. The molecule has 1 aliphatic heterocycles. The minimum absolute atomic E-state index is 0.0869. The van der Waals surface area contributed by atoms with Crippen molar-refractivity contribution in [2.24, 2.45) is 11.8 Å². The average Bonchev–Trinajstić information content (AvgIpc) is 2.86. The fourth-order valence-corrected chi connectivity index (χ4v) is 2.99. The molecule has 3 fully saturated rings. The van der Waals surface area contributed by atoms with E-state index in [1.165, 1.54) is 32.1 Å². The molecule has 1 atom stereocenters. The lowest BCUT2D eigenvalue weighted by Crippen LogP contribution is -2.45. The molecule has 3 aliphatic rings. The van der Waals surface area contributed by atoms with Crippen LogP contribution in [0.5, 0.6) is 0 Å². The van der Waals surface area contributed by atoms with Gasteiger partial charge in [-0.1, -0.05) is 6.42 Å². The summed E-state index contributed by atoms with van der Waals surface area (Å²) in [4.78, 5) is 24.9. The van der Waals surface area contributed by atoms with Gasteiger partial charge in [0.25, 0.3) is 0 Å². The quantitative estimate of drug-likeness (QED) is 0.655. The lowest BCUT2D eigenvalue weighted by atomic mass is 9.77. The van der Waals surface area contributed by atoms with Crippen molar-refractivity contribution in [3.05, 3.63) is 0 Å². The Bertz CT molecular complexity index is 305. The summed E-state index contributed by atoms with van der Waals surface area (Å²) >= 11 is 0. The first kappa shape index (κ1) is 9.37. The molecule has 3 rings (SSSR count). The minimum atomic E-state index is 0.0869. The van der Waals surface area contributed by atoms with Crippen molar-refractivity contribution < 1.29 is 9.59 Å². The number of amides is 1. The normalized spacial score (nSPS) is 29.5. The van der Waals surface area contributed by atoms with E-state index < -0.39 is 0 Å². The molecule has 0 spiro atoms. The smallest absolute Gasteiger partial charge is 0.230 e. The van der Waals surface area contributed by atoms with E-state index in [0.717, 1.165) is 0 Å². The molecule has 15 heavy (non-hydrogen) atoms. The molecular formula is C12H17NO2. The van der Waals surface area contributed by atoms with Gasteiger partial charge in [0.2, 0.25) is 5.91 Å². The lowest BCUT2D eigenvalue weighted by Gasteiger charge is -2.39. The average molecular weight is 207 g/mol. The number of rotatable bonds is 3. The molecule has 3 heteroatoms. The Balaban J connectivity index is 1.76. The Morgan fingerprint density at radius 3 is 2.13 bits per heavy atom. The van der Waals surface area contributed by atoms with E-state index in [9.17, 15) is 9.59 Å². The Hall–Kier alpha value is -0.860. The van der Waals surface area contributed by atoms with Gasteiger partial charge in [0.15, 0.2) is 5.78 Å². The molecule has 0 N–H and O–H groups in total. The second-order valence-electron chi connectivity index (χ2n) is 5.26. The van der Waals surface area contributed by atoms with Crippen LogP contribution in [0.25, 0.3) is 0 Å². The van der Waals surface area contributed by atoms with Gasteiger partial charge in [-0.15, -0.1) is 0 Å². The highest BCUT2D eigenvalue weighted by Crippen LogP contribution is 2.45. The predicted octanol–water partition coefficient (Wildman–Crippen LogP) is 1.37. The van der Waals surface area contributed by atoms with Crippen molar-refractivity contribution in [3.8, 4) is 0 Å². The zero-order valence-corrected chi connectivity index (χ0v) is 8.95. The van der Waals surface area contributed by atoms with E-state index in [-0.39, 0.29) is 18.1 Å². The van der Waals surface area contributed by atoms with Crippen molar-refractivity contribution in [1.82, 2.24) is 4.90 Å². The number of carbonyl (C=O) groups excluding carboxylic acids is 2. The van der Waals surface area contributed by atoms with Gasteiger partial charge >= 0.3 is 0 Å². The maximum Gasteiger partial charge on any atom is 0.230 e. The molecule has 0 aromatic rings. The number of ketones is 1. The molecule has 0 aromatic heterocycles. The largest absolute Gasteiger partial charge is 0.331 e. The van der Waals surface area contributed by atoms with Crippen LogP contribution in [0.1, 0.15) is 38.5 Å². The monoisotopic (exact) mass is 207 g/mol. The summed E-state index contributed by atoms with van der Waals surface area (Å²) in [6.45, 7) is 0.399. The maximum atomic E-state index is 11.7. The summed E-state index contributed by atoms with van der Waals surface area (Å²) in [5, 5.41) is 0. The number of hydrogen-bond donors (Lipinski definition) is 0. The molecular weight excluding hydrogens is 190 g/mol. The lowest BCUT2D eigenvalue weighted by molar-refractivity contribution is -0.132. The second kappa shape index (κ2) is 3.32. The SMILES string of the molecule is O=C1CC(=O)N(C(C2CCC2)C2CC2)C1. The third-order valence-electron chi connectivity index (χ3n) is 4.11. The van der Waals surface area contributed by atoms with Gasteiger partial charge in [0.05, 0.1) is 13.0 Å². The molecule has 0 bridgehead atoms. The maximum absolute atomic E-state index is 11.7. The minimum Gasteiger partial charge on any atom is -0.331 e. The van der Waals surface area contributed by atoms with Gasteiger partial charge < -0.3 is 4.90 Å². The van der Waals surface area contributed by atoms with Gasteiger partial charge in [-0.05, 0) is 37.5 Å². The molecule has 2 saturated carbocycles. The molecule has 82 valence electrons. The molecule has 2 aliphatic carbocycles. The molecule has 1 unspecified atom stereocenters. The van der Waals surface area contributed by atoms with Gasteiger partial charge in [-0.2, -0.15) is 0 Å². The number of hydrogen-bond acceptors (Lipinski definition) is 2. The van der Waals surface area contributed by atoms with E-state index in [0.29, 0.717) is 24.4 Å². The van der Waals surface area contributed by atoms with Crippen molar-refractivity contribution in [1.29, 1.82) is 0 Å². The molecule has 0 radical (unpaired) electrons. The third-order valence-corrected chi connectivity index (χ3v) is 4.11. The third kappa shape index (κ3) is 1.58. The topological polar surface area (TPSA) is 37.4 Å². The van der Waals surface area contributed by atoms with Crippen LogP contribution in [-0.2, 0) is 9.59 Å². The molecule has 1 amide bonds. The molecule has 3 nitrogen and oxygen atoms in total. The first-order valence-electron chi connectivity index (χ1n) is 6.07. The van der Waals surface area contributed by atoms with Crippen LogP contribution in [0.2, 0.25) is 0 Å². The van der Waals surface area contributed by atoms with E-state index >= 15 is 0 Å². The van der Waals surface area contributed by atoms with E-state index in [4.69, 9.17) is 0 Å². The first-order valence-corrected chi connectivity index (χ1v) is 6.07. The number of carbonyl (C=O) groups is 2. The number of Topliss-reactive ketones (excluding diaryl/α,β-unsaturated/α-hetero) is 1. The van der Waals surface area contributed by atoms with Crippen LogP contribution >= 0.6 is 0 Å². The van der Waals surface area contributed by atoms with Crippen molar-refractivity contribution in [3.63, 3.8) is 0 Å². The van der Waals surface area contributed by atoms with Crippen molar-refractivity contribution in [2.75, 3.05) is 6.54 Å². The molecule has 0 aromatic carbocycles. The zero-order valence-electron chi connectivity index (χ0n) is 8.95. The summed E-state index contributed by atoms with van der Waals surface area (Å²) in [5.74, 6) is 1.62. The van der Waals surface area contributed by atoms with Crippen LogP contribution in [0.3, 0.4) is 0 Å². The fourth-order valence-electron chi connectivity index (χ4n) is 2.99. The van der Waals surface area contributed by atoms with Gasteiger partial charge in [0, 0.05) is 6.04 Å². The Labute approximate surface area is 89.8 Å². The second-order valence-corrected chi connectivity index (χ2v) is 5.26. The fraction of sp³-hybridized carbons (Fsp3) is 0.833. The number of likely N-dealkylation sites (tertiary alicyclic amines) is 1. The standard InChI is InChI=1S/C12H17NO2/c14-10-6-11(15)13(7-10)12(9-4-5-9)8-2-1-3-8/h8-9,12H,1-7H2.